The topological polar surface area (TPSA) is 57.8 Å². The summed E-state index contributed by atoms with van der Waals surface area (Å²) in [6, 6.07) is 23.1. The number of fused-ring (bicyclic) bond motifs is 1. The predicted octanol–water partition coefficient (Wildman–Crippen LogP) is 4.79. The van der Waals surface area contributed by atoms with Crippen LogP contribution in [0.1, 0.15) is 15.9 Å². The third kappa shape index (κ3) is 3.02. The predicted molar refractivity (Wildman–Crippen MR) is 101 cm³/mol. The van der Waals surface area contributed by atoms with Crippen LogP contribution < -0.4 is 5.32 Å². The van der Waals surface area contributed by atoms with Crippen LogP contribution in [0.3, 0.4) is 0 Å². The Morgan fingerprint density at radius 3 is 2.52 bits per heavy atom. The second-order valence-electron chi connectivity index (χ2n) is 5.95. The van der Waals surface area contributed by atoms with Gasteiger partial charge >= 0.3 is 0 Å². The highest BCUT2D eigenvalue weighted by molar-refractivity contribution is 6.04. The molecule has 25 heavy (non-hydrogen) atoms. The van der Waals surface area contributed by atoms with Crippen molar-refractivity contribution in [3.05, 3.63) is 83.9 Å². The summed E-state index contributed by atoms with van der Waals surface area (Å²) in [5.41, 5.74) is 5.28. The third-order valence-electron chi connectivity index (χ3n) is 4.18. The number of H-pyrrole nitrogens is 1. The van der Waals surface area contributed by atoms with Crippen LogP contribution in [0.5, 0.6) is 0 Å². The molecular formula is C21H17N3O. The first kappa shape index (κ1) is 15.1. The molecule has 4 rings (SSSR count). The molecule has 0 saturated carbocycles. The zero-order valence-electron chi connectivity index (χ0n) is 13.8. The van der Waals surface area contributed by atoms with Crippen LogP contribution in [0.4, 0.5) is 5.69 Å². The highest BCUT2D eigenvalue weighted by atomic mass is 16.1. The van der Waals surface area contributed by atoms with Gasteiger partial charge in [0.15, 0.2) is 0 Å². The van der Waals surface area contributed by atoms with Crippen LogP contribution in [0, 0.1) is 6.92 Å². The second-order valence-corrected chi connectivity index (χ2v) is 5.95. The Morgan fingerprint density at radius 2 is 1.72 bits per heavy atom. The van der Waals surface area contributed by atoms with Gasteiger partial charge < -0.3 is 10.3 Å². The Labute approximate surface area is 145 Å². The summed E-state index contributed by atoms with van der Waals surface area (Å²) in [4.78, 5) is 20.4. The van der Waals surface area contributed by atoms with Crippen LogP contribution in [0.25, 0.3) is 22.4 Å². The monoisotopic (exact) mass is 327 g/mol. The number of benzene rings is 3. The summed E-state index contributed by atoms with van der Waals surface area (Å²) in [5.74, 6) is 0.668. The van der Waals surface area contributed by atoms with Gasteiger partial charge in [0, 0.05) is 16.8 Å². The Hall–Kier alpha value is -3.40. The smallest absolute Gasteiger partial charge is 0.255 e. The lowest BCUT2D eigenvalue weighted by Gasteiger charge is -2.10. The molecule has 122 valence electrons. The maximum Gasteiger partial charge on any atom is 0.255 e. The number of imidazole rings is 1. The highest BCUT2D eigenvalue weighted by Gasteiger charge is 2.10. The molecule has 0 bridgehead atoms. The number of anilines is 1. The van der Waals surface area contributed by atoms with Gasteiger partial charge in [-0.25, -0.2) is 4.98 Å². The lowest BCUT2D eigenvalue weighted by molar-refractivity contribution is 0.102. The van der Waals surface area contributed by atoms with Gasteiger partial charge in [0.25, 0.3) is 5.91 Å². The van der Waals surface area contributed by atoms with E-state index in [9.17, 15) is 4.79 Å². The van der Waals surface area contributed by atoms with Crippen LogP contribution >= 0.6 is 0 Å². The number of amides is 1. The second kappa shape index (κ2) is 6.24. The quantitative estimate of drug-likeness (QED) is 0.568. The number of hydrogen-bond donors (Lipinski definition) is 2. The molecule has 1 amide bonds. The molecule has 0 radical (unpaired) electrons. The summed E-state index contributed by atoms with van der Waals surface area (Å²) in [5, 5.41) is 2.99. The van der Waals surface area contributed by atoms with Gasteiger partial charge in [0.1, 0.15) is 5.82 Å². The van der Waals surface area contributed by atoms with Crippen molar-refractivity contribution in [1.29, 1.82) is 0 Å². The van der Waals surface area contributed by atoms with E-state index in [2.05, 4.69) is 15.3 Å². The average Bonchev–Trinajstić information content (AvgIpc) is 3.08. The first-order valence-electron chi connectivity index (χ1n) is 8.13. The van der Waals surface area contributed by atoms with Crippen molar-refractivity contribution in [2.75, 3.05) is 5.32 Å². The Kier molecular flexibility index (Phi) is 3.78. The summed E-state index contributed by atoms with van der Waals surface area (Å²) >= 11 is 0. The van der Waals surface area contributed by atoms with E-state index in [1.165, 1.54) is 0 Å². The fourth-order valence-corrected chi connectivity index (χ4v) is 2.78. The molecule has 0 atom stereocenters. The minimum absolute atomic E-state index is 0.120. The highest BCUT2D eigenvalue weighted by Crippen LogP contribution is 2.25. The minimum Gasteiger partial charge on any atom is -0.338 e. The van der Waals surface area contributed by atoms with E-state index in [0.29, 0.717) is 5.56 Å². The molecule has 1 aromatic heterocycles. The largest absolute Gasteiger partial charge is 0.338 e. The molecule has 1 heterocycles. The number of carbonyl (C=O) groups is 1. The number of aryl methyl sites for hydroxylation is 1. The number of nitrogens with zero attached hydrogens (tertiary/aromatic N) is 1. The van der Waals surface area contributed by atoms with Crippen molar-refractivity contribution in [3.63, 3.8) is 0 Å². The molecule has 0 spiro atoms. The molecule has 4 nitrogen and oxygen atoms in total. The van der Waals surface area contributed by atoms with Crippen LogP contribution in [-0.2, 0) is 0 Å². The van der Waals surface area contributed by atoms with Gasteiger partial charge in [0.05, 0.1) is 11.0 Å². The fraction of sp³-hybridized carbons (Fsp3) is 0.0476. The maximum absolute atomic E-state index is 12.4. The number of para-hydroxylation sites is 2. The molecule has 0 saturated heterocycles. The van der Waals surface area contributed by atoms with Crippen LogP contribution in [0.2, 0.25) is 0 Å². The van der Waals surface area contributed by atoms with E-state index in [1.807, 2.05) is 67.6 Å². The standard InChI is InChI=1S/C21H17N3O/c1-14-11-12-16(20-22-17-9-5-6-10-18(17)23-20)13-19(14)24-21(25)15-7-3-2-4-8-15/h2-13H,1H3,(H,22,23)(H,24,25). The van der Waals surface area contributed by atoms with Crippen molar-refractivity contribution in [2.45, 2.75) is 6.92 Å². The zero-order chi connectivity index (χ0) is 17.2. The molecule has 4 aromatic rings. The number of hydrogen-bond acceptors (Lipinski definition) is 2. The summed E-state index contributed by atoms with van der Waals surface area (Å²) in [7, 11) is 0. The van der Waals surface area contributed by atoms with E-state index in [0.717, 1.165) is 33.7 Å². The SMILES string of the molecule is Cc1ccc(-c2nc3ccccc3[nH]2)cc1NC(=O)c1ccccc1. The van der Waals surface area contributed by atoms with E-state index < -0.39 is 0 Å². The Morgan fingerprint density at radius 1 is 0.960 bits per heavy atom. The van der Waals surface area contributed by atoms with Crippen molar-refractivity contribution < 1.29 is 4.79 Å². The molecule has 2 N–H and O–H groups in total. The van der Waals surface area contributed by atoms with Crippen molar-refractivity contribution >= 4 is 22.6 Å². The minimum atomic E-state index is -0.120. The first-order chi connectivity index (χ1) is 12.2. The van der Waals surface area contributed by atoms with E-state index in [-0.39, 0.29) is 5.91 Å². The molecule has 4 heteroatoms. The molecule has 3 aromatic carbocycles. The third-order valence-corrected chi connectivity index (χ3v) is 4.18. The van der Waals surface area contributed by atoms with Gasteiger partial charge in [-0.05, 0) is 42.8 Å². The Bertz CT molecular complexity index is 1020. The molecular weight excluding hydrogens is 310 g/mol. The van der Waals surface area contributed by atoms with Gasteiger partial charge in [-0.2, -0.15) is 0 Å². The summed E-state index contributed by atoms with van der Waals surface area (Å²) in [6.45, 7) is 1.98. The first-order valence-corrected chi connectivity index (χ1v) is 8.13. The maximum atomic E-state index is 12.4. The lowest BCUT2D eigenvalue weighted by Crippen LogP contribution is -2.12. The number of rotatable bonds is 3. The van der Waals surface area contributed by atoms with Gasteiger partial charge in [-0.1, -0.05) is 42.5 Å². The van der Waals surface area contributed by atoms with Gasteiger partial charge in [-0.3, -0.25) is 4.79 Å². The van der Waals surface area contributed by atoms with E-state index in [1.54, 1.807) is 12.1 Å². The molecule has 0 unspecified atom stereocenters. The number of carbonyl (C=O) groups excluding carboxylic acids is 1. The average molecular weight is 327 g/mol. The molecule has 0 fully saturated rings. The van der Waals surface area contributed by atoms with E-state index in [4.69, 9.17) is 0 Å². The molecule has 0 aliphatic rings. The zero-order valence-corrected chi connectivity index (χ0v) is 13.8. The molecule has 0 aliphatic carbocycles. The van der Waals surface area contributed by atoms with Crippen LogP contribution in [0.15, 0.2) is 72.8 Å². The van der Waals surface area contributed by atoms with Crippen molar-refractivity contribution in [3.8, 4) is 11.4 Å². The van der Waals surface area contributed by atoms with Crippen LogP contribution in [-0.4, -0.2) is 15.9 Å². The number of aromatic nitrogens is 2. The van der Waals surface area contributed by atoms with Crippen molar-refractivity contribution in [2.24, 2.45) is 0 Å². The normalized spacial score (nSPS) is 10.8. The lowest BCUT2D eigenvalue weighted by atomic mass is 10.1. The number of aromatic amines is 1. The fourth-order valence-electron chi connectivity index (χ4n) is 2.78. The van der Waals surface area contributed by atoms with Gasteiger partial charge in [0.2, 0.25) is 0 Å². The summed E-state index contributed by atoms with van der Waals surface area (Å²) in [6.07, 6.45) is 0. The number of nitrogens with one attached hydrogen (secondary N) is 2. The van der Waals surface area contributed by atoms with Crippen molar-refractivity contribution in [1.82, 2.24) is 9.97 Å². The Balaban J connectivity index is 1.67. The summed E-state index contributed by atoms with van der Waals surface area (Å²) < 4.78 is 0. The van der Waals surface area contributed by atoms with E-state index >= 15 is 0 Å². The molecule has 0 aliphatic heterocycles. The van der Waals surface area contributed by atoms with Gasteiger partial charge in [-0.15, -0.1) is 0 Å².